The summed E-state index contributed by atoms with van der Waals surface area (Å²) in [5.41, 5.74) is 1.26. The van der Waals surface area contributed by atoms with Gasteiger partial charge in [-0.05, 0) is 31.5 Å². The molecule has 0 fully saturated rings. The van der Waals surface area contributed by atoms with Gasteiger partial charge in [0.25, 0.3) is 0 Å². The third-order valence-corrected chi connectivity index (χ3v) is 6.67. The summed E-state index contributed by atoms with van der Waals surface area (Å²) in [5, 5.41) is 0. The Kier molecular flexibility index (Phi) is 13.0. The van der Waals surface area contributed by atoms with Gasteiger partial charge in [0, 0.05) is 6.61 Å². The number of hydrogen-bond acceptors (Lipinski definition) is 2. The lowest BCUT2D eigenvalue weighted by molar-refractivity contribution is 0.116. The molecule has 0 saturated heterocycles. The lowest BCUT2D eigenvalue weighted by Crippen LogP contribution is -2.36. The van der Waals surface area contributed by atoms with Crippen molar-refractivity contribution in [3.63, 3.8) is 0 Å². The standard InChI is InChI=1S/C23H42O2Si/c1-5-7-8-9-10-11-12-13-14-18-21-24-26(3,4)25-23(6-2)22-19-16-15-17-20-22/h15-17,19-20,23H,5-14,18,21H2,1-4H3. The van der Waals surface area contributed by atoms with Gasteiger partial charge in [-0.2, -0.15) is 0 Å². The van der Waals surface area contributed by atoms with Gasteiger partial charge < -0.3 is 8.85 Å². The second-order valence-electron chi connectivity index (χ2n) is 7.86. The normalized spacial score (nSPS) is 13.1. The molecular weight excluding hydrogens is 336 g/mol. The summed E-state index contributed by atoms with van der Waals surface area (Å²) < 4.78 is 12.6. The van der Waals surface area contributed by atoms with Crippen molar-refractivity contribution in [1.82, 2.24) is 0 Å². The van der Waals surface area contributed by atoms with Crippen molar-refractivity contribution in [3.05, 3.63) is 35.9 Å². The number of benzene rings is 1. The molecule has 0 spiro atoms. The Hall–Kier alpha value is -0.643. The highest BCUT2D eigenvalue weighted by Gasteiger charge is 2.28. The van der Waals surface area contributed by atoms with Crippen molar-refractivity contribution in [2.24, 2.45) is 0 Å². The summed E-state index contributed by atoms with van der Waals surface area (Å²) in [5.74, 6) is 0. The Bertz CT molecular complexity index is 433. The first-order valence-electron chi connectivity index (χ1n) is 11.0. The van der Waals surface area contributed by atoms with Crippen molar-refractivity contribution < 1.29 is 8.85 Å². The molecule has 1 rings (SSSR count). The Morgan fingerprint density at radius 3 is 1.85 bits per heavy atom. The summed E-state index contributed by atoms with van der Waals surface area (Å²) in [6.07, 6.45) is 14.7. The molecule has 0 radical (unpaired) electrons. The molecule has 0 aromatic heterocycles. The van der Waals surface area contributed by atoms with E-state index in [2.05, 4.69) is 57.3 Å². The lowest BCUT2D eigenvalue weighted by Gasteiger charge is -2.28. The Labute approximate surface area is 163 Å². The molecule has 0 aliphatic carbocycles. The van der Waals surface area contributed by atoms with Crippen LogP contribution in [-0.2, 0) is 8.85 Å². The van der Waals surface area contributed by atoms with E-state index in [0.717, 1.165) is 19.4 Å². The molecule has 26 heavy (non-hydrogen) atoms. The molecule has 1 aromatic rings. The third-order valence-electron chi connectivity index (χ3n) is 4.92. The van der Waals surface area contributed by atoms with Crippen LogP contribution in [-0.4, -0.2) is 15.2 Å². The first-order valence-corrected chi connectivity index (χ1v) is 13.8. The van der Waals surface area contributed by atoms with E-state index >= 15 is 0 Å². The van der Waals surface area contributed by atoms with Crippen LogP contribution in [0.2, 0.25) is 13.1 Å². The van der Waals surface area contributed by atoms with E-state index in [9.17, 15) is 0 Å². The van der Waals surface area contributed by atoms with Crippen molar-refractivity contribution in [2.75, 3.05) is 6.61 Å². The first-order chi connectivity index (χ1) is 12.6. The van der Waals surface area contributed by atoms with Crippen LogP contribution >= 0.6 is 0 Å². The highest BCUT2D eigenvalue weighted by Crippen LogP contribution is 2.25. The monoisotopic (exact) mass is 378 g/mol. The molecular formula is C23H42O2Si. The first kappa shape index (κ1) is 23.4. The van der Waals surface area contributed by atoms with Gasteiger partial charge in [0.15, 0.2) is 0 Å². The van der Waals surface area contributed by atoms with Crippen molar-refractivity contribution in [2.45, 2.75) is 104 Å². The molecule has 1 unspecified atom stereocenters. The fourth-order valence-corrected chi connectivity index (χ4v) is 5.03. The van der Waals surface area contributed by atoms with Crippen molar-refractivity contribution >= 4 is 8.56 Å². The molecule has 2 nitrogen and oxygen atoms in total. The maximum Gasteiger partial charge on any atom is 0.332 e. The zero-order valence-corrected chi connectivity index (χ0v) is 18.8. The Morgan fingerprint density at radius 2 is 1.31 bits per heavy atom. The average molecular weight is 379 g/mol. The van der Waals surface area contributed by atoms with Gasteiger partial charge >= 0.3 is 8.56 Å². The molecule has 0 N–H and O–H groups in total. The van der Waals surface area contributed by atoms with Crippen LogP contribution in [0.1, 0.15) is 96.1 Å². The molecule has 150 valence electrons. The van der Waals surface area contributed by atoms with Crippen LogP contribution in [0, 0.1) is 0 Å². The molecule has 1 aromatic carbocycles. The van der Waals surface area contributed by atoms with Crippen molar-refractivity contribution in [1.29, 1.82) is 0 Å². The average Bonchev–Trinajstić information content (AvgIpc) is 2.65. The van der Waals surface area contributed by atoms with E-state index in [0.29, 0.717) is 0 Å². The maximum atomic E-state index is 6.38. The van der Waals surface area contributed by atoms with Crippen LogP contribution in [0.3, 0.4) is 0 Å². The maximum absolute atomic E-state index is 6.38. The van der Waals surface area contributed by atoms with Gasteiger partial charge in [0.2, 0.25) is 0 Å². The number of unbranched alkanes of at least 4 members (excludes halogenated alkanes) is 9. The predicted octanol–water partition coefficient (Wildman–Crippen LogP) is 7.79. The second-order valence-corrected chi connectivity index (χ2v) is 11.2. The molecule has 1 atom stereocenters. The zero-order chi connectivity index (χ0) is 19.1. The minimum atomic E-state index is -2.06. The van der Waals surface area contributed by atoms with E-state index < -0.39 is 8.56 Å². The largest absolute Gasteiger partial charge is 0.394 e. The van der Waals surface area contributed by atoms with Crippen LogP contribution in [0.4, 0.5) is 0 Å². The molecule has 3 heteroatoms. The van der Waals surface area contributed by atoms with Crippen LogP contribution in [0.5, 0.6) is 0 Å². The Morgan fingerprint density at radius 1 is 0.769 bits per heavy atom. The second kappa shape index (κ2) is 14.4. The topological polar surface area (TPSA) is 18.5 Å². The summed E-state index contributed by atoms with van der Waals surface area (Å²) in [6.45, 7) is 9.66. The van der Waals surface area contributed by atoms with Gasteiger partial charge in [-0.25, -0.2) is 0 Å². The van der Waals surface area contributed by atoms with Gasteiger partial charge in [-0.3, -0.25) is 0 Å². The quantitative estimate of drug-likeness (QED) is 0.216. The predicted molar refractivity (Wildman–Crippen MR) is 116 cm³/mol. The van der Waals surface area contributed by atoms with Crippen molar-refractivity contribution in [3.8, 4) is 0 Å². The summed E-state index contributed by atoms with van der Waals surface area (Å²) >= 11 is 0. The molecule has 0 saturated carbocycles. The van der Waals surface area contributed by atoms with Crippen LogP contribution < -0.4 is 0 Å². The van der Waals surface area contributed by atoms with Crippen LogP contribution in [0.15, 0.2) is 30.3 Å². The van der Waals surface area contributed by atoms with Crippen LogP contribution in [0.25, 0.3) is 0 Å². The minimum absolute atomic E-state index is 0.158. The minimum Gasteiger partial charge on any atom is -0.394 e. The summed E-state index contributed by atoms with van der Waals surface area (Å²) in [7, 11) is -2.06. The SMILES string of the molecule is CCCCCCCCCCCCO[Si](C)(C)OC(CC)c1ccccc1. The summed E-state index contributed by atoms with van der Waals surface area (Å²) in [4.78, 5) is 0. The van der Waals surface area contributed by atoms with Gasteiger partial charge in [0.05, 0.1) is 6.10 Å². The van der Waals surface area contributed by atoms with Gasteiger partial charge in [0.1, 0.15) is 0 Å². The smallest absolute Gasteiger partial charge is 0.332 e. The third kappa shape index (κ3) is 11.2. The van der Waals surface area contributed by atoms with E-state index in [1.165, 1.54) is 63.4 Å². The molecule has 0 aliphatic heterocycles. The van der Waals surface area contributed by atoms with E-state index in [1.807, 2.05) is 0 Å². The highest BCUT2D eigenvalue weighted by molar-refractivity contribution is 6.64. The van der Waals surface area contributed by atoms with E-state index in [1.54, 1.807) is 0 Å². The summed E-state index contributed by atoms with van der Waals surface area (Å²) in [6, 6.07) is 10.5. The van der Waals surface area contributed by atoms with Gasteiger partial charge in [-0.15, -0.1) is 0 Å². The molecule has 0 bridgehead atoms. The lowest BCUT2D eigenvalue weighted by atomic mass is 10.1. The van der Waals surface area contributed by atoms with E-state index in [4.69, 9.17) is 8.85 Å². The molecule has 0 amide bonds. The Balaban J connectivity index is 2.10. The molecule has 0 aliphatic rings. The van der Waals surface area contributed by atoms with E-state index in [-0.39, 0.29) is 6.10 Å². The molecule has 0 heterocycles. The fraction of sp³-hybridized carbons (Fsp3) is 0.739. The zero-order valence-electron chi connectivity index (χ0n) is 17.8. The number of hydrogen-bond donors (Lipinski definition) is 0. The fourth-order valence-electron chi connectivity index (χ4n) is 3.34. The number of rotatable bonds is 16. The highest BCUT2D eigenvalue weighted by atomic mass is 28.4. The van der Waals surface area contributed by atoms with Gasteiger partial charge in [-0.1, -0.05) is 102 Å².